The number of carbonyl (C=O) groups is 1. The first-order chi connectivity index (χ1) is 10.2. The zero-order valence-electron chi connectivity index (χ0n) is 11.1. The fourth-order valence-corrected chi connectivity index (χ4v) is 2.04. The molecule has 0 saturated heterocycles. The van der Waals surface area contributed by atoms with Crippen molar-refractivity contribution >= 4 is 16.9 Å². The average molecular weight is 283 g/mol. The first-order valence-corrected chi connectivity index (χ1v) is 6.53. The second-order valence-electron chi connectivity index (χ2n) is 4.53. The Balaban J connectivity index is 1.75. The van der Waals surface area contributed by atoms with Gasteiger partial charge in [-0.3, -0.25) is 4.79 Å². The quantitative estimate of drug-likeness (QED) is 0.710. The molecule has 3 aromatic rings. The molecule has 0 aliphatic rings. The number of hydrogen-bond acceptors (Lipinski definition) is 4. The smallest absolute Gasteiger partial charge is 0.349 e. The van der Waals surface area contributed by atoms with Crippen molar-refractivity contribution in [2.24, 2.45) is 0 Å². The zero-order chi connectivity index (χ0) is 14.7. The van der Waals surface area contributed by atoms with Crippen LogP contribution in [0, 0.1) is 0 Å². The molecule has 0 aliphatic carbocycles. The Morgan fingerprint density at radius 1 is 1.33 bits per heavy atom. The summed E-state index contributed by atoms with van der Waals surface area (Å²) in [5.74, 6) is 0.335. The number of para-hydroxylation sites is 1. The summed E-state index contributed by atoms with van der Waals surface area (Å²) in [5, 5.41) is 3.40. The molecule has 106 valence electrons. The van der Waals surface area contributed by atoms with E-state index in [2.05, 4.69) is 15.3 Å². The average Bonchev–Trinajstić information content (AvgIpc) is 2.99. The van der Waals surface area contributed by atoms with Crippen LogP contribution in [-0.4, -0.2) is 22.4 Å². The van der Waals surface area contributed by atoms with E-state index >= 15 is 0 Å². The molecular formula is C15H13N3O3. The van der Waals surface area contributed by atoms with Crippen LogP contribution in [0.25, 0.3) is 11.0 Å². The summed E-state index contributed by atoms with van der Waals surface area (Å²) in [7, 11) is 0. The van der Waals surface area contributed by atoms with E-state index in [0.717, 1.165) is 5.82 Å². The van der Waals surface area contributed by atoms with Gasteiger partial charge in [0.1, 0.15) is 17.0 Å². The third kappa shape index (κ3) is 2.84. The van der Waals surface area contributed by atoms with Gasteiger partial charge in [-0.2, -0.15) is 0 Å². The molecule has 1 aromatic carbocycles. The van der Waals surface area contributed by atoms with Crippen molar-refractivity contribution in [2.75, 3.05) is 6.54 Å². The highest BCUT2D eigenvalue weighted by Crippen LogP contribution is 2.12. The van der Waals surface area contributed by atoms with E-state index < -0.39 is 11.5 Å². The summed E-state index contributed by atoms with van der Waals surface area (Å²) < 4.78 is 5.13. The van der Waals surface area contributed by atoms with Crippen LogP contribution in [0.5, 0.6) is 0 Å². The van der Waals surface area contributed by atoms with Crippen molar-refractivity contribution in [3.05, 3.63) is 64.5 Å². The predicted molar refractivity (Wildman–Crippen MR) is 77.1 cm³/mol. The largest absolute Gasteiger partial charge is 0.422 e. The number of aromatic nitrogens is 2. The summed E-state index contributed by atoms with van der Waals surface area (Å²) in [6.45, 7) is 0.388. The third-order valence-electron chi connectivity index (χ3n) is 3.09. The summed E-state index contributed by atoms with van der Waals surface area (Å²) >= 11 is 0. The van der Waals surface area contributed by atoms with Gasteiger partial charge >= 0.3 is 5.63 Å². The number of nitrogens with zero attached hydrogens (tertiary/aromatic N) is 1. The normalized spacial score (nSPS) is 10.7. The number of carbonyl (C=O) groups excluding carboxylic acids is 1. The minimum absolute atomic E-state index is 0.00754. The SMILES string of the molecule is O=C(NCCc1ncc[nH]1)c1cc2ccccc2oc1=O. The lowest BCUT2D eigenvalue weighted by Crippen LogP contribution is -2.30. The van der Waals surface area contributed by atoms with Crippen molar-refractivity contribution in [3.8, 4) is 0 Å². The van der Waals surface area contributed by atoms with Gasteiger partial charge in [-0.15, -0.1) is 0 Å². The molecular weight excluding hydrogens is 270 g/mol. The van der Waals surface area contributed by atoms with Crippen LogP contribution in [-0.2, 0) is 6.42 Å². The topological polar surface area (TPSA) is 88.0 Å². The molecule has 0 atom stereocenters. The first-order valence-electron chi connectivity index (χ1n) is 6.53. The molecule has 0 fully saturated rings. The predicted octanol–water partition coefficient (Wildman–Crippen LogP) is 1.49. The minimum atomic E-state index is -0.635. The number of rotatable bonds is 4. The van der Waals surface area contributed by atoms with E-state index in [0.29, 0.717) is 23.9 Å². The highest BCUT2D eigenvalue weighted by Gasteiger charge is 2.13. The highest BCUT2D eigenvalue weighted by molar-refractivity contribution is 5.96. The number of benzene rings is 1. The van der Waals surface area contributed by atoms with E-state index in [1.165, 1.54) is 0 Å². The second-order valence-corrected chi connectivity index (χ2v) is 4.53. The molecule has 2 aromatic heterocycles. The number of H-pyrrole nitrogens is 1. The van der Waals surface area contributed by atoms with Gasteiger partial charge in [0.2, 0.25) is 0 Å². The van der Waals surface area contributed by atoms with Gasteiger partial charge in [-0.1, -0.05) is 18.2 Å². The first kappa shape index (κ1) is 13.1. The van der Waals surface area contributed by atoms with Crippen LogP contribution >= 0.6 is 0 Å². The maximum absolute atomic E-state index is 12.0. The molecule has 6 nitrogen and oxygen atoms in total. The third-order valence-corrected chi connectivity index (χ3v) is 3.09. The molecule has 0 bridgehead atoms. The molecule has 0 radical (unpaired) electrons. The van der Waals surface area contributed by atoms with Crippen molar-refractivity contribution < 1.29 is 9.21 Å². The fraction of sp³-hybridized carbons (Fsp3) is 0.133. The molecule has 0 unspecified atom stereocenters. The summed E-state index contributed by atoms with van der Waals surface area (Å²) in [6, 6.07) is 8.62. The Morgan fingerprint density at radius 2 is 2.19 bits per heavy atom. The standard InChI is InChI=1S/C15H13N3O3/c19-14(18-6-5-13-16-7-8-17-13)11-9-10-3-1-2-4-12(10)21-15(11)20/h1-4,7-9H,5-6H2,(H,16,17)(H,18,19). The van der Waals surface area contributed by atoms with Crippen molar-refractivity contribution in [2.45, 2.75) is 6.42 Å². The van der Waals surface area contributed by atoms with E-state index in [1.54, 1.807) is 36.7 Å². The minimum Gasteiger partial charge on any atom is -0.422 e. The van der Waals surface area contributed by atoms with Crippen LogP contribution < -0.4 is 10.9 Å². The fourth-order valence-electron chi connectivity index (χ4n) is 2.04. The monoisotopic (exact) mass is 283 g/mol. The van der Waals surface area contributed by atoms with Crippen molar-refractivity contribution in [1.82, 2.24) is 15.3 Å². The summed E-state index contributed by atoms with van der Waals surface area (Å²) in [4.78, 5) is 30.9. The number of aromatic amines is 1. The van der Waals surface area contributed by atoms with Crippen LogP contribution in [0.1, 0.15) is 16.2 Å². The van der Waals surface area contributed by atoms with Gasteiger partial charge in [0.25, 0.3) is 5.91 Å². The number of imidazole rings is 1. The van der Waals surface area contributed by atoms with Crippen LogP contribution in [0.4, 0.5) is 0 Å². The van der Waals surface area contributed by atoms with Crippen LogP contribution in [0.3, 0.4) is 0 Å². The van der Waals surface area contributed by atoms with Gasteiger partial charge in [0.05, 0.1) is 0 Å². The number of amides is 1. The van der Waals surface area contributed by atoms with Gasteiger partial charge in [-0.05, 0) is 12.1 Å². The van der Waals surface area contributed by atoms with Crippen LogP contribution in [0.15, 0.2) is 51.9 Å². The lowest BCUT2D eigenvalue weighted by Gasteiger charge is -2.04. The van der Waals surface area contributed by atoms with E-state index in [4.69, 9.17) is 4.42 Å². The van der Waals surface area contributed by atoms with Gasteiger partial charge in [-0.25, -0.2) is 9.78 Å². The Morgan fingerprint density at radius 3 is 3.00 bits per heavy atom. The zero-order valence-corrected chi connectivity index (χ0v) is 11.1. The molecule has 21 heavy (non-hydrogen) atoms. The Hall–Kier alpha value is -2.89. The molecule has 0 spiro atoms. The maximum Gasteiger partial charge on any atom is 0.349 e. The molecule has 0 aliphatic heterocycles. The lowest BCUT2D eigenvalue weighted by molar-refractivity contribution is 0.0950. The van der Waals surface area contributed by atoms with E-state index in [9.17, 15) is 9.59 Å². The van der Waals surface area contributed by atoms with Crippen LogP contribution in [0.2, 0.25) is 0 Å². The maximum atomic E-state index is 12.0. The van der Waals surface area contributed by atoms with Crippen molar-refractivity contribution in [3.63, 3.8) is 0 Å². The Labute approximate surface area is 119 Å². The van der Waals surface area contributed by atoms with Gasteiger partial charge in [0, 0.05) is 30.7 Å². The van der Waals surface area contributed by atoms with E-state index in [1.807, 2.05) is 6.07 Å². The number of nitrogens with one attached hydrogen (secondary N) is 2. The molecule has 0 saturated carbocycles. The van der Waals surface area contributed by atoms with Gasteiger partial charge in [0.15, 0.2) is 0 Å². The Kier molecular flexibility index (Phi) is 3.51. The molecule has 2 heterocycles. The summed E-state index contributed by atoms with van der Waals surface area (Å²) in [5.41, 5.74) is -0.160. The number of hydrogen-bond donors (Lipinski definition) is 2. The second kappa shape index (κ2) is 5.62. The van der Waals surface area contributed by atoms with E-state index in [-0.39, 0.29) is 5.56 Å². The molecule has 6 heteroatoms. The number of fused-ring (bicyclic) bond motifs is 1. The summed E-state index contributed by atoms with van der Waals surface area (Å²) in [6.07, 6.45) is 3.93. The lowest BCUT2D eigenvalue weighted by atomic mass is 10.2. The van der Waals surface area contributed by atoms with Crippen molar-refractivity contribution in [1.29, 1.82) is 0 Å². The molecule has 2 N–H and O–H groups in total. The highest BCUT2D eigenvalue weighted by atomic mass is 16.4. The van der Waals surface area contributed by atoms with Gasteiger partial charge < -0.3 is 14.7 Å². The molecule has 3 rings (SSSR count). The molecule has 1 amide bonds. The Bertz CT molecular complexity index is 822.